The van der Waals surface area contributed by atoms with Crippen LogP contribution in [0, 0.1) is 5.92 Å². The average Bonchev–Trinajstić information content (AvgIpc) is 2.39. The number of amides is 1. The molecule has 0 aromatic rings. The lowest BCUT2D eigenvalue weighted by Gasteiger charge is -2.34. The van der Waals surface area contributed by atoms with Gasteiger partial charge in [-0.05, 0) is 18.9 Å². The van der Waals surface area contributed by atoms with Crippen LogP contribution in [0.15, 0.2) is 24.8 Å². The summed E-state index contributed by atoms with van der Waals surface area (Å²) in [6.45, 7) is 7.63. The van der Waals surface area contributed by atoms with Gasteiger partial charge in [-0.3, -0.25) is 9.59 Å². The maximum absolute atomic E-state index is 11.8. The highest BCUT2D eigenvalue weighted by Crippen LogP contribution is 2.15. The normalized spacial score (nSPS) is 27.2. The molecule has 6 heteroatoms. The van der Waals surface area contributed by atoms with E-state index in [0.29, 0.717) is 13.0 Å². The maximum atomic E-state index is 11.8. The third kappa shape index (κ3) is 6.55. The van der Waals surface area contributed by atoms with Gasteiger partial charge in [0.15, 0.2) is 6.29 Å². The first kappa shape index (κ1) is 17.4. The molecule has 0 aromatic carbocycles. The number of nitrogens with one attached hydrogen (secondary N) is 1. The Morgan fingerprint density at radius 2 is 2.24 bits per heavy atom. The van der Waals surface area contributed by atoms with Gasteiger partial charge in [0.05, 0.1) is 25.2 Å². The van der Waals surface area contributed by atoms with E-state index in [2.05, 4.69) is 11.9 Å². The smallest absolute Gasteiger partial charge is 0.303 e. The minimum Gasteiger partial charge on any atom is -0.481 e. The van der Waals surface area contributed by atoms with Crippen LogP contribution in [0.25, 0.3) is 0 Å². The Labute approximate surface area is 124 Å². The number of carbonyl (C=O) groups is 2. The number of rotatable bonds is 7. The highest BCUT2D eigenvalue weighted by Gasteiger charge is 2.28. The maximum Gasteiger partial charge on any atom is 0.303 e. The van der Waals surface area contributed by atoms with Gasteiger partial charge in [-0.15, -0.1) is 6.58 Å². The topological polar surface area (TPSA) is 84.9 Å². The van der Waals surface area contributed by atoms with Crippen molar-refractivity contribution >= 4 is 11.9 Å². The van der Waals surface area contributed by atoms with Crippen LogP contribution in [-0.4, -0.2) is 42.0 Å². The largest absolute Gasteiger partial charge is 0.481 e. The third-order valence-electron chi connectivity index (χ3n) is 3.15. The highest BCUT2D eigenvalue weighted by molar-refractivity contribution is 5.87. The predicted molar refractivity (Wildman–Crippen MR) is 77.6 cm³/mol. The zero-order chi connectivity index (χ0) is 15.8. The monoisotopic (exact) mass is 297 g/mol. The third-order valence-corrected chi connectivity index (χ3v) is 3.15. The van der Waals surface area contributed by atoms with Crippen molar-refractivity contribution in [2.75, 3.05) is 6.61 Å². The number of hydrogen-bond donors (Lipinski definition) is 2. The van der Waals surface area contributed by atoms with Crippen molar-refractivity contribution < 1.29 is 24.2 Å². The van der Waals surface area contributed by atoms with E-state index in [9.17, 15) is 9.59 Å². The summed E-state index contributed by atoms with van der Waals surface area (Å²) < 4.78 is 11.1. The molecule has 0 saturated carbocycles. The molecule has 2 N–H and O–H groups in total. The van der Waals surface area contributed by atoms with E-state index in [1.807, 2.05) is 6.92 Å². The van der Waals surface area contributed by atoms with E-state index in [0.717, 1.165) is 0 Å². The Morgan fingerprint density at radius 1 is 1.52 bits per heavy atom. The molecule has 1 heterocycles. The Bertz CT molecular complexity index is 407. The number of hydrogen-bond acceptors (Lipinski definition) is 4. The molecule has 118 valence electrons. The quantitative estimate of drug-likeness (QED) is 0.549. The van der Waals surface area contributed by atoms with Gasteiger partial charge >= 0.3 is 5.97 Å². The first-order valence-corrected chi connectivity index (χ1v) is 7.00. The van der Waals surface area contributed by atoms with Gasteiger partial charge in [0.2, 0.25) is 5.91 Å². The summed E-state index contributed by atoms with van der Waals surface area (Å²) >= 11 is 0. The molecule has 1 fully saturated rings. The lowest BCUT2D eigenvalue weighted by molar-refractivity contribution is -0.217. The second-order valence-corrected chi connectivity index (χ2v) is 5.18. The average molecular weight is 297 g/mol. The molecule has 1 saturated heterocycles. The number of carboxylic acid groups (broad SMARTS) is 1. The lowest BCUT2D eigenvalue weighted by atomic mass is 10.1. The zero-order valence-electron chi connectivity index (χ0n) is 12.5. The minimum atomic E-state index is -0.886. The molecular weight excluding hydrogens is 274 g/mol. The van der Waals surface area contributed by atoms with Crippen molar-refractivity contribution in [1.82, 2.24) is 5.32 Å². The van der Waals surface area contributed by atoms with Crippen LogP contribution in [0.2, 0.25) is 0 Å². The van der Waals surface area contributed by atoms with Gasteiger partial charge in [-0.2, -0.15) is 0 Å². The molecule has 4 atom stereocenters. The summed E-state index contributed by atoms with van der Waals surface area (Å²) in [5, 5.41) is 11.4. The fraction of sp³-hybridized carbons (Fsp3) is 0.600. The van der Waals surface area contributed by atoms with Gasteiger partial charge in [-0.1, -0.05) is 19.1 Å². The van der Waals surface area contributed by atoms with Crippen LogP contribution in [0.3, 0.4) is 0 Å². The van der Waals surface area contributed by atoms with E-state index in [1.54, 1.807) is 19.1 Å². The van der Waals surface area contributed by atoms with Crippen LogP contribution < -0.4 is 5.32 Å². The molecule has 0 spiro atoms. The fourth-order valence-corrected chi connectivity index (χ4v) is 1.96. The number of carbonyl (C=O) groups excluding carboxylic acids is 1. The Morgan fingerprint density at radius 3 is 2.81 bits per heavy atom. The molecule has 0 unspecified atom stereocenters. The molecule has 1 aliphatic heterocycles. The summed E-state index contributed by atoms with van der Waals surface area (Å²) in [4.78, 5) is 22.3. The van der Waals surface area contributed by atoms with Crippen LogP contribution in [0.1, 0.15) is 26.7 Å². The van der Waals surface area contributed by atoms with Crippen molar-refractivity contribution in [2.45, 2.75) is 45.1 Å². The highest BCUT2D eigenvalue weighted by atomic mass is 16.7. The first-order valence-electron chi connectivity index (χ1n) is 7.00. The summed E-state index contributed by atoms with van der Waals surface area (Å²) in [5.74, 6) is -1.36. The van der Waals surface area contributed by atoms with Crippen LogP contribution in [-0.2, 0) is 19.1 Å². The first-order chi connectivity index (χ1) is 9.92. The Balaban J connectivity index is 2.39. The molecule has 0 aliphatic carbocycles. The fourth-order valence-electron chi connectivity index (χ4n) is 1.96. The summed E-state index contributed by atoms with van der Waals surface area (Å²) in [7, 11) is 0. The van der Waals surface area contributed by atoms with Crippen molar-refractivity contribution in [3.63, 3.8) is 0 Å². The van der Waals surface area contributed by atoms with Gasteiger partial charge in [0, 0.05) is 6.42 Å². The molecule has 0 aromatic heterocycles. The summed E-state index contributed by atoms with van der Waals surface area (Å²) in [6, 6.07) is -0.224. The number of ether oxygens (including phenoxy) is 2. The van der Waals surface area contributed by atoms with E-state index in [-0.39, 0.29) is 36.7 Å². The van der Waals surface area contributed by atoms with Crippen molar-refractivity contribution in [3.8, 4) is 0 Å². The molecular formula is C15H23NO5. The van der Waals surface area contributed by atoms with Crippen molar-refractivity contribution in [2.24, 2.45) is 5.92 Å². The van der Waals surface area contributed by atoms with Gasteiger partial charge < -0.3 is 19.9 Å². The standard InChI is InChI=1S/C15H23NO5/c1-4-5-15-20-9-12(11(3)21-15)16-13(17)7-6-10(2)8-14(18)19/h4,6-7,10-12,15H,1,5,8-9H2,2-3H3,(H,16,17)(H,18,19)/t10-,11-,12-,15+/m1/s1. The van der Waals surface area contributed by atoms with Gasteiger partial charge in [0.1, 0.15) is 0 Å². The summed E-state index contributed by atoms with van der Waals surface area (Å²) in [6.07, 6.45) is 4.81. The second kappa shape index (κ2) is 8.59. The Kier molecular flexibility index (Phi) is 7.11. The number of allylic oxidation sites excluding steroid dienone is 1. The van der Waals surface area contributed by atoms with E-state index >= 15 is 0 Å². The predicted octanol–water partition coefficient (Wildman–Crippen LogP) is 1.48. The molecule has 1 rings (SSSR count). The molecule has 0 radical (unpaired) electrons. The lowest BCUT2D eigenvalue weighted by Crippen LogP contribution is -2.51. The SMILES string of the molecule is C=CC[C@H]1OC[C@@H](NC(=O)C=C[C@@H](C)CC(=O)O)[C@@H](C)O1. The minimum absolute atomic E-state index is 0.000926. The number of carboxylic acids is 1. The molecule has 1 amide bonds. The molecule has 1 aliphatic rings. The Hall–Kier alpha value is -1.66. The summed E-state index contributed by atoms with van der Waals surface area (Å²) in [5.41, 5.74) is 0. The number of aliphatic carboxylic acids is 1. The molecule has 21 heavy (non-hydrogen) atoms. The van der Waals surface area contributed by atoms with Crippen LogP contribution in [0.4, 0.5) is 0 Å². The van der Waals surface area contributed by atoms with Crippen LogP contribution >= 0.6 is 0 Å². The molecule has 0 bridgehead atoms. The van der Waals surface area contributed by atoms with E-state index in [4.69, 9.17) is 14.6 Å². The van der Waals surface area contributed by atoms with Crippen LogP contribution in [0.5, 0.6) is 0 Å². The zero-order valence-corrected chi connectivity index (χ0v) is 12.5. The van der Waals surface area contributed by atoms with Crippen molar-refractivity contribution in [1.29, 1.82) is 0 Å². The molecule has 6 nitrogen and oxygen atoms in total. The second-order valence-electron chi connectivity index (χ2n) is 5.18. The van der Waals surface area contributed by atoms with E-state index < -0.39 is 5.97 Å². The van der Waals surface area contributed by atoms with Gasteiger partial charge in [-0.25, -0.2) is 0 Å². The van der Waals surface area contributed by atoms with Crippen molar-refractivity contribution in [3.05, 3.63) is 24.8 Å². The van der Waals surface area contributed by atoms with Gasteiger partial charge in [0.25, 0.3) is 0 Å². The van der Waals surface area contributed by atoms with E-state index in [1.165, 1.54) is 6.08 Å².